The number of anilines is 2. The van der Waals surface area contributed by atoms with Crippen molar-refractivity contribution in [2.45, 2.75) is 26.8 Å². The lowest BCUT2D eigenvalue weighted by Gasteiger charge is -2.09. The maximum Gasteiger partial charge on any atom is 0.187 e. The van der Waals surface area contributed by atoms with Crippen LogP contribution < -0.4 is 11.1 Å². The van der Waals surface area contributed by atoms with E-state index in [9.17, 15) is 4.79 Å². The molecule has 156 valence electrons. The number of hydrogen-bond acceptors (Lipinski definition) is 9. The summed E-state index contributed by atoms with van der Waals surface area (Å²) < 4.78 is 5.17. The molecular weight excluding hydrogens is 394 g/mol. The minimum Gasteiger partial charge on any atom is -0.382 e. The van der Waals surface area contributed by atoms with Crippen LogP contribution in [0.2, 0.25) is 0 Å². The maximum absolute atomic E-state index is 12.7. The van der Waals surface area contributed by atoms with E-state index >= 15 is 0 Å². The second-order valence-electron chi connectivity index (χ2n) is 7.03. The molecule has 0 aliphatic rings. The van der Waals surface area contributed by atoms with Crippen molar-refractivity contribution in [2.75, 3.05) is 11.1 Å². The van der Waals surface area contributed by atoms with Crippen LogP contribution in [0.3, 0.4) is 0 Å². The minimum atomic E-state index is -0.126. The number of ketones is 1. The average Bonchev–Trinajstić information content (AvgIpc) is 3.11. The highest BCUT2D eigenvalue weighted by Gasteiger charge is 2.15. The number of hydrogen-bond donors (Lipinski definition) is 2. The van der Waals surface area contributed by atoms with Crippen molar-refractivity contribution in [2.24, 2.45) is 0 Å². The molecule has 4 aromatic rings. The summed E-state index contributed by atoms with van der Waals surface area (Å²) in [7, 11) is 0. The van der Waals surface area contributed by atoms with Gasteiger partial charge >= 0.3 is 0 Å². The summed E-state index contributed by atoms with van der Waals surface area (Å²) >= 11 is 0. The van der Waals surface area contributed by atoms with Gasteiger partial charge in [-0.25, -0.2) is 9.97 Å². The largest absolute Gasteiger partial charge is 0.382 e. The van der Waals surface area contributed by atoms with E-state index < -0.39 is 0 Å². The predicted molar refractivity (Wildman–Crippen MR) is 115 cm³/mol. The highest BCUT2D eigenvalue weighted by molar-refractivity contribution is 5.95. The fourth-order valence-electron chi connectivity index (χ4n) is 3.21. The average molecular weight is 415 g/mol. The van der Waals surface area contributed by atoms with E-state index in [0.717, 1.165) is 28.2 Å². The highest BCUT2D eigenvalue weighted by atomic mass is 16.5. The summed E-state index contributed by atoms with van der Waals surface area (Å²) in [6, 6.07) is 7.34. The zero-order valence-electron chi connectivity index (χ0n) is 17.2. The number of pyridine rings is 2. The Hall–Kier alpha value is -4.14. The first-order valence-corrected chi connectivity index (χ1v) is 9.68. The van der Waals surface area contributed by atoms with Crippen molar-refractivity contribution in [3.05, 3.63) is 77.5 Å². The summed E-state index contributed by atoms with van der Waals surface area (Å²) in [6.45, 7) is 4.11. The number of Topliss-reactive ketones (excluding diaryl/α,β-unsaturated/α-hetero) is 1. The highest BCUT2D eigenvalue weighted by Crippen LogP contribution is 2.24. The van der Waals surface area contributed by atoms with Gasteiger partial charge in [-0.3, -0.25) is 14.8 Å². The molecule has 4 aromatic heterocycles. The standard InChI is InChI=1S/C22H21N7O2/c1-13-21(14(2)31-29-13)19-12-27-18(11-28-19)20(30)9-15-5-7-24-16(8-15)10-26-17-4-3-6-25-22(17)23/h3-8,11-12,26H,9-10H2,1-2H3,(H2,23,25). The van der Waals surface area contributed by atoms with Crippen molar-refractivity contribution in [3.8, 4) is 11.3 Å². The molecule has 4 heterocycles. The lowest BCUT2D eigenvalue weighted by atomic mass is 10.1. The second-order valence-corrected chi connectivity index (χ2v) is 7.03. The maximum atomic E-state index is 12.7. The van der Waals surface area contributed by atoms with Gasteiger partial charge in [0, 0.05) is 18.8 Å². The van der Waals surface area contributed by atoms with Crippen LogP contribution >= 0.6 is 0 Å². The number of rotatable bonds is 7. The summed E-state index contributed by atoms with van der Waals surface area (Å²) in [5.41, 5.74) is 10.7. The number of carbonyl (C=O) groups is 1. The van der Waals surface area contributed by atoms with E-state index in [4.69, 9.17) is 10.3 Å². The molecule has 0 aliphatic carbocycles. The number of nitrogens with zero attached hydrogens (tertiary/aromatic N) is 5. The van der Waals surface area contributed by atoms with Crippen molar-refractivity contribution in [3.63, 3.8) is 0 Å². The molecular formula is C22H21N7O2. The normalized spacial score (nSPS) is 10.8. The molecule has 9 nitrogen and oxygen atoms in total. The van der Waals surface area contributed by atoms with E-state index in [1.54, 1.807) is 24.7 Å². The smallest absolute Gasteiger partial charge is 0.187 e. The topological polar surface area (TPSA) is 133 Å². The molecule has 0 fully saturated rings. The van der Waals surface area contributed by atoms with E-state index in [2.05, 4.69) is 30.4 Å². The Bertz CT molecular complexity index is 1200. The van der Waals surface area contributed by atoms with Crippen molar-refractivity contribution in [1.82, 2.24) is 25.1 Å². The first-order valence-electron chi connectivity index (χ1n) is 9.68. The Morgan fingerprint density at radius 1 is 1.10 bits per heavy atom. The molecule has 0 saturated carbocycles. The van der Waals surface area contributed by atoms with E-state index in [1.807, 2.05) is 32.0 Å². The fraction of sp³-hybridized carbons (Fsp3) is 0.182. The van der Waals surface area contributed by atoms with Crippen LogP contribution in [0.4, 0.5) is 11.5 Å². The monoisotopic (exact) mass is 415 g/mol. The third kappa shape index (κ3) is 4.55. The Kier molecular flexibility index (Phi) is 5.65. The predicted octanol–water partition coefficient (Wildman–Crippen LogP) is 3.16. The Labute approximate surface area is 178 Å². The Morgan fingerprint density at radius 3 is 2.68 bits per heavy atom. The van der Waals surface area contributed by atoms with E-state index in [0.29, 0.717) is 29.5 Å². The van der Waals surface area contributed by atoms with Crippen molar-refractivity contribution in [1.29, 1.82) is 0 Å². The van der Waals surface area contributed by atoms with Crippen molar-refractivity contribution < 1.29 is 9.32 Å². The van der Waals surface area contributed by atoms with Gasteiger partial charge in [0.05, 0.1) is 47.3 Å². The summed E-state index contributed by atoms with van der Waals surface area (Å²) in [5, 5.41) is 7.12. The molecule has 0 aliphatic heterocycles. The molecule has 0 amide bonds. The van der Waals surface area contributed by atoms with E-state index in [-0.39, 0.29) is 12.2 Å². The number of nitrogens with one attached hydrogen (secondary N) is 1. The van der Waals surface area contributed by atoms with Gasteiger partial charge in [-0.2, -0.15) is 0 Å². The molecule has 3 N–H and O–H groups in total. The van der Waals surface area contributed by atoms with Crippen LogP contribution in [0.25, 0.3) is 11.3 Å². The number of nitrogen functional groups attached to an aromatic ring is 1. The SMILES string of the molecule is Cc1noc(C)c1-c1cnc(C(=O)Cc2ccnc(CNc3cccnc3N)c2)cn1. The third-order valence-corrected chi connectivity index (χ3v) is 4.77. The van der Waals surface area contributed by atoms with Gasteiger partial charge < -0.3 is 15.6 Å². The van der Waals surface area contributed by atoms with Crippen molar-refractivity contribution >= 4 is 17.3 Å². The number of carbonyl (C=O) groups excluding carboxylic acids is 1. The van der Waals surface area contributed by atoms with Gasteiger partial charge in [-0.15, -0.1) is 0 Å². The molecule has 0 aromatic carbocycles. The quantitative estimate of drug-likeness (QED) is 0.437. The van der Waals surface area contributed by atoms with Crippen LogP contribution in [0.1, 0.15) is 33.2 Å². The number of aryl methyl sites for hydroxylation is 2. The third-order valence-electron chi connectivity index (χ3n) is 4.77. The van der Waals surface area contributed by atoms with Gasteiger partial charge in [0.15, 0.2) is 5.78 Å². The fourth-order valence-corrected chi connectivity index (χ4v) is 3.21. The molecule has 0 saturated heterocycles. The van der Waals surface area contributed by atoms with Gasteiger partial charge in [0.25, 0.3) is 0 Å². The Morgan fingerprint density at radius 2 is 1.97 bits per heavy atom. The zero-order valence-corrected chi connectivity index (χ0v) is 17.2. The van der Waals surface area contributed by atoms with Crippen LogP contribution in [0, 0.1) is 13.8 Å². The molecule has 9 heteroatoms. The molecule has 0 bridgehead atoms. The van der Waals surface area contributed by atoms with Crippen LogP contribution in [0.5, 0.6) is 0 Å². The summed E-state index contributed by atoms with van der Waals surface area (Å²) in [6.07, 6.45) is 6.57. The zero-order chi connectivity index (χ0) is 21.8. The van der Waals surface area contributed by atoms with Crippen LogP contribution in [-0.2, 0) is 13.0 Å². The second kappa shape index (κ2) is 8.70. The first kappa shape index (κ1) is 20.1. The van der Waals surface area contributed by atoms with Crippen LogP contribution in [-0.4, -0.2) is 30.9 Å². The first-order chi connectivity index (χ1) is 15.0. The van der Waals surface area contributed by atoms with Gasteiger partial charge in [0.1, 0.15) is 17.3 Å². The van der Waals surface area contributed by atoms with Gasteiger partial charge in [-0.05, 0) is 43.7 Å². The molecule has 0 atom stereocenters. The lowest BCUT2D eigenvalue weighted by Crippen LogP contribution is -2.09. The van der Waals surface area contributed by atoms with E-state index in [1.165, 1.54) is 6.20 Å². The summed E-state index contributed by atoms with van der Waals surface area (Å²) in [4.78, 5) is 29.7. The molecule has 31 heavy (non-hydrogen) atoms. The number of nitrogens with two attached hydrogens (primary N) is 1. The molecule has 0 spiro atoms. The molecule has 4 rings (SSSR count). The van der Waals surface area contributed by atoms with Crippen LogP contribution in [0.15, 0.2) is 53.6 Å². The van der Waals surface area contributed by atoms with Gasteiger partial charge in [0.2, 0.25) is 0 Å². The molecule has 0 radical (unpaired) electrons. The van der Waals surface area contributed by atoms with Gasteiger partial charge in [-0.1, -0.05) is 5.16 Å². The lowest BCUT2D eigenvalue weighted by molar-refractivity contribution is 0.0988. The Balaban J connectivity index is 1.43. The minimum absolute atomic E-state index is 0.126. The number of aromatic nitrogens is 5. The summed E-state index contributed by atoms with van der Waals surface area (Å²) in [5.74, 6) is 0.962. The molecule has 0 unspecified atom stereocenters.